The Hall–Kier alpha value is -2.11. The number of aliphatic hydroxyl groups excluding tert-OH is 7. The molecule has 2 amide bonds. The number of nitrogens with two attached hydrogens (primary N) is 1. The molecule has 0 fully saturated rings. The quantitative estimate of drug-likeness (QED) is 0.0319. The topological polar surface area (TPSA) is 244 Å². The molecule has 1 rings (SSSR count). The van der Waals surface area contributed by atoms with E-state index in [0.29, 0.717) is 37.4 Å². The highest BCUT2D eigenvalue weighted by Crippen LogP contribution is 2.21. The van der Waals surface area contributed by atoms with Crippen LogP contribution in [0.1, 0.15) is 160 Å². The van der Waals surface area contributed by atoms with Gasteiger partial charge in [-0.15, -0.1) is 11.6 Å². The maximum absolute atomic E-state index is 12.4. The molecule has 1 aromatic carbocycles. The van der Waals surface area contributed by atoms with Crippen molar-refractivity contribution in [3.63, 3.8) is 0 Å². The van der Waals surface area contributed by atoms with Gasteiger partial charge in [-0.3, -0.25) is 9.59 Å². The van der Waals surface area contributed by atoms with Crippen LogP contribution in [0.4, 0.5) is 0 Å². The fraction of sp³-hybridized carbons (Fsp3) is 0.822. The molecule has 350 valence electrons. The second-order valence-corrected chi connectivity index (χ2v) is 16.9. The predicted molar refractivity (Wildman–Crippen MR) is 236 cm³/mol. The van der Waals surface area contributed by atoms with Crippen LogP contribution >= 0.6 is 11.6 Å². The molecule has 60 heavy (non-hydrogen) atoms. The summed E-state index contributed by atoms with van der Waals surface area (Å²) in [6.45, 7) is 2.49. The second kappa shape index (κ2) is 36.4. The summed E-state index contributed by atoms with van der Waals surface area (Å²) in [6.07, 6.45) is 15.0. The van der Waals surface area contributed by atoms with E-state index in [0.717, 1.165) is 57.8 Å². The molecule has 11 N–H and O–H groups in total. The van der Waals surface area contributed by atoms with Crippen molar-refractivity contribution in [2.75, 3.05) is 39.6 Å². The largest absolute Gasteiger partial charge is 0.491 e. The van der Waals surface area contributed by atoms with Crippen molar-refractivity contribution in [1.29, 1.82) is 0 Å². The summed E-state index contributed by atoms with van der Waals surface area (Å²) in [5, 5.41) is 75.1. The van der Waals surface area contributed by atoms with Crippen molar-refractivity contribution in [2.24, 2.45) is 5.73 Å². The van der Waals surface area contributed by atoms with Gasteiger partial charge in [0, 0.05) is 19.6 Å². The fourth-order valence-corrected chi connectivity index (χ4v) is 7.12. The van der Waals surface area contributed by atoms with E-state index in [-0.39, 0.29) is 63.7 Å². The Kier molecular flexibility index (Phi) is 33.9. The van der Waals surface area contributed by atoms with Gasteiger partial charge in [0.25, 0.3) is 0 Å². The Morgan fingerprint density at radius 3 is 1.80 bits per heavy atom. The number of benzene rings is 1. The minimum absolute atomic E-state index is 0.0369. The van der Waals surface area contributed by atoms with Gasteiger partial charge in [0.2, 0.25) is 11.8 Å². The molecule has 0 aliphatic rings. The van der Waals surface area contributed by atoms with Crippen LogP contribution in [0.15, 0.2) is 24.3 Å². The van der Waals surface area contributed by atoms with E-state index in [4.69, 9.17) is 31.9 Å². The van der Waals surface area contributed by atoms with Gasteiger partial charge in [-0.25, -0.2) is 0 Å². The lowest BCUT2D eigenvalue weighted by atomic mass is 9.98. The van der Waals surface area contributed by atoms with Crippen LogP contribution < -0.4 is 21.1 Å². The normalized spacial score (nSPS) is 15.7. The number of nitrogens with one attached hydrogen (secondary N) is 2. The smallest absolute Gasteiger partial charge is 0.248 e. The molecule has 0 heterocycles. The number of rotatable bonds is 40. The van der Waals surface area contributed by atoms with Crippen molar-refractivity contribution in [2.45, 2.75) is 196 Å². The molecule has 1 aromatic rings. The lowest BCUT2D eigenvalue weighted by molar-refractivity contribution is -0.130. The molecular formula is C45H82ClN3O11. The van der Waals surface area contributed by atoms with E-state index in [9.17, 15) is 40.2 Å². The van der Waals surface area contributed by atoms with Gasteiger partial charge in [0.15, 0.2) is 0 Å². The highest BCUT2D eigenvalue weighted by atomic mass is 35.5. The number of carbonyl (C=O) groups excluding carboxylic acids is 2. The van der Waals surface area contributed by atoms with Crippen LogP contribution in [-0.2, 0) is 14.3 Å². The molecule has 8 atom stereocenters. The third-order valence-corrected chi connectivity index (χ3v) is 11.3. The van der Waals surface area contributed by atoms with Gasteiger partial charge in [0.05, 0.1) is 61.7 Å². The van der Waals surface area contributed by atoms with Gasteiger partial charge < -0.3 is 61.6 Å². The van der Waals surface area contributed by atoms with E-state index < -0.39 is 41.7 Å². The minimum atomic E-state index is -1.35. The Morgan fingerprint density at radius 2 is 1.25 bits per heavy atom. The lowest BCUT2D eigenvalue weighted by Gasteiger charge is -2.23. The van der Waals surface area contributed by atoms with Gasteiger partial charge in [-0.05, 0) is 62.6 Å². The summed E-state index contributed by atoms with van der Waals surface area (Å²) in [5.74, 6) is -0.370. The first-order chi connectivity index (χ1) is 28.9. The number of unbranched alkanes of at least 4 members (excludes halogenated alkanes) is 13. The van der Waals surface area contributed by atoms with E-state index in [2.05, 4.69) is 10.6 Å². The minimum Gasteiger partial charge on any atom is -0.491 e. The summed E-state index contributed by atoms with van der Waals surface area (Å²) in [7, 11) is 0. The molecule has 0 radical (unpaired) electrons. The molecule has 0 bridgehead atoms. The molecule has 0 saturated heterocycles. The predicted octanol–water partition coefficient (Wildman–Crippen LogP) is 4.68. The van der Waals surface area contributed by atoms with Crippen LogP contribution in [-0.4, -0.2) is 129 Å². The molecule has 0 saturated carbocycles. The van der Waals surface area contributed by atoms with E-state index in [1.54, 1.807) is 31.2 Å². The van der Waals surface area contributed by atoms with Gasteiger partial charge in [0.1, 0.15) is 18.5 Å². The van der Waals surface area contributed by atoms with E-state index in [1.807, 2.05) is 0 Å². The molecule has 1 unspecified atom stereocenters. The van der Waals surface area contributed by atoms with Gasteiger partial charge in [-0.2, -0.15) is 0 Å². The average molecular weight is 877 g/mol. The molecule has 0 aliphatic heterocycles. The molecule has 14 nitrogen and oxygen atoms in total. The zero-order valence-electron chi connectivity index (χ0n) is 36.4. The van der Waals surface area contributed by atoms with Crippen LogP contribution in [0, 0.1) is 0 Å². The monoisotopic (exact) mass is 876 g/mol. The lowest BCUT2D eigenvalue weighted by Crippen LogP contribution is -2.41. The first-order valence-corrected chi connectivity index (χ1v) is 23.2. The molecular weight excluding hydrogens is 794 g/mol. The number of hydrogen-bond acceptors (Lipinski definition) is 12. The number of aliphatic hydroxyl groups is 7. The summed E-state index contributed by atoms with van der Waals surface area (Å²) < 4.78 is 11.1. The van der Waals surface area contributed by atoms with E-state index in [1.165, 1.54) is 51.4 Å². The van der Waals surface area contributed by atoms with Crippen LogP contribution in [0.3, 0.4) is 0 Å². The zero-order chi connectivity index (χ0) is 44.4. The Bertz CT molecular complexity index is 1190. The summed E-state index contributed by atoms with van der Waals surface area (Å²) in [4.78, 5) is 24.0. The summed E-state index contributed by atoms with van der Waals surface area (Å²) in [6, 6.07) is 5.68. The number of ether oxygens (including phenoxy) is 2. The maximum Gasteiger partial charge on any atom is 0.248 e. The summed E-state index contributed by atoms with van der Waals surface area (Å²) in [5.41, 5.74) is 6.12. The first kappa shape index (κ1) is 55.9. The maximum atomic E-state index is 12.4. The van der Waals surface area contributed by atoms with Crippen LogP contribution in [0.25, 0.3) is 0 Å². The molecule has 15 heteroatoms. The van der Waals surface area contributed by atoms with Crippen molar-refractivity contribution in [3.8, 4) is 5.75 Å². The molecule has 0 spiro atoms. The van der Waals surface area contributed by atoms with Crippen molar-refractivity contribution >= 4 is 23.4 Å². The molecule has 0 aliphatic carbocycles. The number of halogens is 1. The SMILES string of the molecule is CCC(=O)N[C@@H](CO)COc1ccc([C@@H](O)CNC(=O)[C@@H](O)CCC[C@H](O)[C@@H](O)[C@H](Cl)CCCCCCCC(O)CCCCCCCCCCCCOC[C@@H](N)CO)cc1. The van der Waals surface area contributed by atoms with Crippen molar-refractivity contribution in [1.82, 2.24) is 10.6 Å². The Labute approximate surface area is 365 Å². The average Bonchev–Trinajstić information content (AvgIpc) is 3.25. The van der Waals surface area contributed by atoms with Gasteiger partial charge >= 0.3 is 0 Å². The third kappa shape index (κ3) is 28.5. The highest BCUT2D eigenvalue weighted by molar-refractivity contribution is 6.21. The van der Waals surface area contributed by atoms with Crippen LogP contribution in [0.2, 0.25) is 0 Å². The number of amides is 2. The highest BCUT2D eigenvalue weighted by Gasteiger charge is 2.25. The second-order valence-electron chi connectivity index (χ2n) is 16.3. The van der Waals surface area contributed by atoms with Gasteiger partial charge in [-0.1, -0.05) is 109 Å². The van der Waals surface area contributed by atoms with E-state index >= 15 is 0 Å². The van der Waals surface area contributed by atoms with Crippen molar-refractivity contribution in [3.05, 3.63) is 29.8 Å². The Balaban J connectivity index is 2.05. The number of alkyl halides is 1. The fourth-order valence-electron chi connectivity index (χ4n) is 6.80. The Morgan fingerprint density at radius 1 is 0.700 bits per heavy atom. The number of hydrogen-bond donors (Lipinski definition) is 10. The summed E-state index contributed by atoms with van der Waals surface area (Å²) >= 11 is 6.40. The third-order valence-electron chi connectivity index (χ3n) is 10.8. The van der Waals surface area contributed by atoms with Crippen LogP contribution in [0.5, 0.6) is 5.75 Å². The molecule has 0 aromatic heterocycles. The van der Waals surface area contributed by atoms with Crippen molar-refractivity contribution < 1.29 is 54.8 Å². The first-order valence-electron chi connectivity index (χ1n) is 22.8. The zero-order valence-corrected chi connectivity index (χ0v) is 37.2. The number of carbonyl (C=O) groups is 2. The standard InChI is InChI=1S/C45H82ClN3O11/c1-2-43(56)49-36(31-51)33-60-38-26-24-34(25-27-38)42(55)29-48-45(58)41(54)23-18-22-40(53)44(57)39(46)21-16-12-9-11-15-20-37(52)19-14-10-7-5-3-4-6-8-13-17-28-59-32-35(47)30-50/h24-27,35-37,39-42,44,50-55,57H,2-23,28-33,47H2,1H3,(H,48,58)(H,49,56)/t35-,36-,37?,39+,40-,41-,42-,44-/m0/s1.